The first kappa shape index (κ1) is 23.2. The number of rotatable bonds is 4. The lowest BCUT2D eigenvalue weighted by atomic mass is 10.0. The van der Waals surface area contributed by atoms with Crippen molar-refractivity contribution in [2.75, 3.05) is 24.5 Å². The van der Waals surface area contributed by atoms with Crippen molar-refractivity contribution in [3.05, 3.63) is 97.7 Å². The van der Waals surface area contributed by atoms with E-state index in [0.29, 0.717) is 39.7 Å². The topological polar surface area (TPSA) is 23.6 Å². The Hall–Kier alpha value is -1.98. The van der Waals surface area contributed by atoms with Gasteiger partial charge in [-0.05, 0) is 59.7 Å². The molecule has 1 unspecified atom stereocenters. The number of hydrogen-bond donors (Lipinski definition) is 0. The Labute approximate surface area is 206 Å². The van der Waals surface area contributed by atoms with Crippen molar-refractivity contribution in [1.29, 1.82) is 0 Å². The molecule has 0 bridgehead atoms. The van der Waals surface area contributed by atoms with Crippen LogP contribution in [0.1, 0.15) is 17.2 Å². The first-order valence-electron chi connectivity index (χ1n) is 10.0. The van der Waals surface area contributed by atoms with E-state index in [1.165, 1.54) is 18.2 Å². The average molecular weight is 512 g/mol. The Balaban J connectivity index is 1.61. The summed E-state index contributed by atoms with van der Waals surface area (Å²) in [5, 5.41) is 2.12. The Kier molecular flexibility index (Phi) is 7.16. The summed E-state index contributed by atoms with van der Waals surface area (Å²) in [4.78, 5) is 17.0. The van der Waals surface area contributed by atoms with Crippen LogP contribution in [-0.2, 0) is 11.2 Å². The molecule has 0 spiro atoms. The summed E-state index contributed by atoms with van der Waals surface area (Å²) < 4.78 is 14.2. The van der Waals surface area contributed by atoms with Crippen molar-refractivity contribution < 1.29 is 9.18 Å². The Morgan fingerprint density at radius 3 is 2.25 bits per heavy atom. The smallest absolute Gasteiger partial charge is 0.227 e. The molecule has 1 aliphatic rings. The van der Waals surface area contributed by atoms with Crippen LogP contribution in [0.25, 0.3) is 0 Å². The first-order valence-corrected chi connectivity index (χ1v) is 11.5. The van der Waals surface area contributed by atoms with Gasteiger partial charge in [-0.25, -0.2) is 4.39 Å². The zero-order valence-corrected chi connectivity index (χ0v) is 19.9. The number of benzene rings is 3. The number of carbonyl (C=O) groups excluding carboxylic acids is 1. The zero-order chi connectivity index (χ0) is 22.8. The summed E-state index contributed by atoms with van der Waals surface area (Å²) in [6.45, 7) is 1.45. The molecule has 1 aliphatic heterocycles. The van der Waals surface area contributed by atoms with Gasteiger partial charge in [0.1, 0.15) is 5.82 Å². The fourth-order valence-electron chi connectivity index (χ4n) is 3.94. The highest BCUT2D eigenvalue weighted by molar-refractivity contribution is 6.36. The van der Waals surface area contributed by atoms with E-state index >= 15 is 0 Å². The molecular weight excluding hydrogens is 493 g/mol. The van der Waals surface area contributed by atoms with Crippen molar-refractivity contribution in [2.45, 2.75) is 12.5 Å². The van der Waals surface area contributed by atoms with Gasteiger partial charge in [0.15, 0.2) is 0 Å². The molecule has 1 saturated heterocycles. The summed E-state index contributed by atoms with van der Waals surface area (Å²) in [6.07, 6.45) is -0.0541. The van der Waals surface area contributed by atoms with E-state index in [-0.39, 0.29) is 23.9 Å². The van der Waals surface area contributed by atoms with Crippen LogP contribution in [0.15, 0.2) is 60.7 Å². The van der Waals surface area contributed by atoms with Crippen molar-refractivity contribution in [3.63, 3.8) is 0 Å². The molecule has 0 aromatic heterocycles. The molecule has 0 radical (unpaired) electrons. The van der Waals surface area contributed by atoms with E-state index < -0.39 is 5.82 Å². The van der Waals surface area contributed by atoms with Gasteiger partial charge in [-0.15, -0.1) is 0 Å². The molecule has 0 aliphatic carbocycles. The van der Waals surface area contributed by atoms with E-state index in [2.05, 4.69) is 4.90 Å². The van der Waals surface area contributed by atoms with Crippen molar-refractivity contribution in [1.82, 2.24) is 4.90 Å². The molecule has 0 saturated carbocycles. The van der Waals surface area contributed by atoms with Crippen LogP contribution in [0.2, 0.25) is 20.1 Å². The molecule has 1 atom stereocenters. The first-order chi connectivity index (χ1) is 15.3. The van der Waals surface area contributed by atoms with Gasteiger partial charge in [0.2, 0.25) is 5.91 Å². The maximum Gasteiger partial charge on any atom is 0.227 e. The third kappa shape index (κ3) is 5.15. The molecular formula is C24H19Cl4FN2O. The van der Waals surface area contributed by atoms with Gasteiger partial charge in [0, 0.05) is 34.7 Å². The number of anilines is 1. The summed E-state index contributed by atoms with van der Waals surface area (Å²) in [6, 6.07) is 17.0. The summed E-state index contributed by atoms with van der Waals surface area (Å²) in [7, 11) is 0. The normalized spacial score (nSPS) is 16.3. The van der Waals surface area contributed by atoms with Gasteiger partial charge in [0.05, 0.1) is 23.2 Å². The third-order valence-electron chi connectivity index (χ3n) is 5.56. The predicted molar refractivity (Wildman–Crippen MR) is 130 cm³/mol. The maximum absolute atomic E-state index is 14.2. The summed E-state index contributed by atoms with van der Waals surface area (Å²) >= 11 is 24.6. The lowest BCUT2D eigenvalue weighted by molar-refractivity contribution is -0.131. The zero-order valence-electron chi connectivity index (χ0n) is 16.9. The summed E-state index contributed by atoms with van der Waals surface area (Å²) in [5.41, 5.74) is 2.12. The van der Waals surface area contributed by atoms with E-state index in [1.807, 2.05) is 30.3 Å². The molecule has 166 valence electrons. The minimum atomic E-state index is -0.441. The minimum Gasteiger partial charge on any atom is -0.360 e. The highest BCUT2D eigenvalue weighted by atomic mass is 35.5. The molecule has 8 heteroatoms. The summed E-state index contributed by atoms with van der Waals surface area (Å²) in [5.74, 6) is -0.601. The molecule has 3 nitrogen and oxygen atoms in total. The lowest BCUT2D eigenvalue weighted by Crippen LogP contribution is -2.51. The largest absolute Gasteiger partial charge is 0.360 e. The van der Waals surface area contributed by atoms with E-state index in [1.54, 1.807) is 17.0 Å². The van der Waals surface area contributed by atoms with E-state index in [9.17, 15) is 9.18 Å². The van der Waals surface area contributed by atoms with Crippen LogP contribution in [0, 0.1) is 5.82 Å². The SMILES string of the molecule is O=C(Cc1cc(Cl)ccc1F)N1CCN(c2ccc(Cl)cc2Cl)C(c2ccc(Cl)cc2)C1. The Morgan fingerprint density at radius 2 is 1.53 bits per heavy atom. The van der Waals surface area contributed by atoms with Gasteiger partial charge in [0.25, 0.3) is 0 Å². The van der Waals surface area contributed by atoms with Crippen molar-refractivity contribution in [3.8, 4) is 0 Å². The standard InChI is InChI=1S/C24H19Cl4FN2O/c25-17-3-1-15(2-4-17)23-14-30(24(32)12-16-11-18(26)5-7-21(16)29)9-10-31(23)22-8-6-19(27)13-20(22)28/h1-8,11,13,23H,9-10,12,14H2. The number of piperazine rings is 1. The number of carbonyl (C=O) groups is 1. The van der Waals surface area contributed by atoms with Gasteiger partial charge in [-0.3, -0.25) is 4.79 Å². The number of halogens is 5. The molecule has 0 N–H and O–H groups in total. The second kappa shape index (κ2) is 9.88. The monoisotopic (exact) mass is 510 g/mol. The molecule has 1 heterocycles. The Bertz CT molecular complexity index is 1140. The average Bonchev–Trinajstić information content (AvgIpc) is 2.76. The third-order valence-corrected chi connectivity index (χ3v) is 6.58. The quantitative estimate of drug-likeness (QED) is 0.374. The molecule has 3 aromatic rings. The molecule has 1 amide bonds. The molecule has 3 aromatic carbocycles. The van der Waals surface area contributed by atoms with Crippen molar-refractivity contribution in [2.24, 2.45) is 0 Å². The molecule has 4 rings (SSSR count). The number of nitrogens with zero attached hydrogens (tertiary/aromatic N) is 2. The van der Waals surface area contributed by atoms with E-state index in [0.717, 1.165) is 11.3 Å². The van der Waals surface area contributed by atoms with Gasteiger partial charge in [-0.1, -0.05) is 58.5 Å². The predicted octanol–water partition coefficient (Wildman–Crippen LogP) is 7.07. The van der Waals surface area contributed by atoms with Crippen LogP contribution in [0.3, 0.4) is 0 Å². The van der Waals surface area contributed by atoms with Crippen LogP contribution in [0.5, 0.6) is 0 Å². The fourth-order valence-corrected chi connectivity index (χ4v) is 4.77. The highest BCUT2D eigenvalue weighted by Crippen LogP contribution is 2.37. The second-order valence-corrected chi connectivity index (χ2v) is 9.33. The number of amides is 1. The van der Waals surface area contributed by atoms with Crippen LogP contribution >= 0.6 is 46.4 Å². The Morgan fingerprint density at radius 1 is 0.875 bits per heavy atom. The fraction of sp³-hybridized carbons (Fsp3) is 0.208. The molecule has 32 heavy (non-hydrogen) atoms. The van der Waals surface area contributed by atoms with Gasteiger partial charge >= 0.3 is 0 Å². The van der Waals surface area contributed by atoms with Crippen LogP contribution < -0.4 is 4.90 Å². The van der Waals surface area contributed by atoms with Crippen LogP contribution in [0.4, 0.5) is 10.1 Å². The van der Waals surface area contributed by atoms with Crippen molar-refractivity contribution >= 4 is 58.0 Å². The second-order valence-electron chi connectivity index (χ2n) is 7.61. The number of hydrogen-bond acceptors (Lipinski definition) is 2. The van der Waals surface area contributed by atoms with Gasteiger partial charge in [-0.2, -0.15) is 0 Å². The minimum absolute atomic E-state index is 0.0541. The molecule has 1 fully saturated rings. The highest BCUT2D eigenvalue weighted by Gasteiger charge is 2.32. The van der Waals surface area contributed by atoms with E-state index in [4.69, 9.17) is 46.4 Å². The lowest BCUT2D eigenvalue weighted by Gasteiger charge is -2.43. The maximum atomic E-state index is 14.2. The van der Waals surface area contributed by atoms with Gasteiger partial charge < -0.3 is 9.80 Å². The van der Waals surface area contributed by atoms with Crippen LogP contribution in [-0.4, -0.2) is 30.4 Å².